The zero-order valence-electron chi connectivity index (χ0n) is 9.75. The third kappa shape index (κ3) is 4.00. The topological polar surface area (TPSA) is 50.4 Å². The summed E-state index contributed by atoms with van der Waals surface area (Å²) in [6, 6.07) is 7.74. The van der Waals surface area contributed by atoms with Gasteiger partial charge in [-0.1, -0.05) is 25.1 Å². The molecule has 0 aliphatic carbocycles. The molecule has 0 saturated carbocycles. The number of nitrogens with one attached hydrogen (secondary N) is 2. The van der Waals surface area contributed by atoms with Crippen molar-refractivity contribution in [2.24, 2.45) is 0 Å². The number of hydrogen-bond donors (Lipinski definition) is 2. The summed E-state index contributed by atoms with van der Waals surface area (Å²) in [6.07, 6.45) is 0. The van der Waals surface area contributed by atoms with Crippen molar-refractivity contribution < 1.29 is 9.53 Å². The highest BCUT2D eigenvalue weighted by Gasteiger charge is 2.05. The highest BCUT2D eigenvalue weighted by Crippen LogP contribution is 2.14. The minimum absolute atomic E-state index is 0.0789. The van der Waals surface area contributed by atoms with Gasteiger partial charge in [-0.3, -0.25) is 4.79 Å². The average Bonchev–Trinajstić information content (AvgIpc) is 2.28. The van der Waals surface area contributed by atoms with Crippen molar-refractivity contribution in [1.82, 2.24) is 5.32 Å². The lowest BCUT2D eigenvalue weighted by Gasteiger charge is -2.10. The average molecular weight is 222 g/mol. The molecule has 1 rings (SSSR count). The second kappa shape index (κ2) is 6.98. The molecule has 0 bridgehead atoms. The Morgan fingerprint density at radius 1 is 1.38 bits per heavy atom. The van der Waals surface area contributed by atoms with Gasteiger partial charge in [0.15, 0.2) is 0 Å². The molecule has 0 fully saturated rings. The molecule has 1 aromatic carbocycles. The van der Waals surface area contributed by atoms with Crippen molar-refractivity contribution in [2.75, 3.05) is 25.6 Å². The van der Waals surface area contributed by atoms with E-state index in [1.807, 2.05) is 31.2 Å². The van der Waals surface area contributed by atoms with Crippen LogP contribution in [0.5, 0.6) is 0 Å². The molecular weight excluding hydrogens is 204 g/mol. The van der Waals surface area contributed by atoms with Crippen LogP contribution in [0.1, 0.15) is 12.5 Å². The molecule has 0 unspecified atom stereocenters. The van der Waals surface area contributed by atoms with E-state index in [9.17, 15) is 4.79 Å². The number of amides is 1. The van der Waals surface area contributed by atoms with Gasteiger partial charge in [-0.2, -0.15) is 0 Å². The summed E-state index contributed by atoms with van der Waals surface area (Å²) in [5.74, 6) is -0.133. The van der Waals surface area contributed by atoms with Crippen molar-refractivity contribution in [1.29, 1.82) is 0 Å². The van der Waals surface area contributed by atoms with Crippen LogP contribution in [0, 0.1) is 0 Å². The SMILES string of the molecule is CCNCc1ccccc1NC(=O)COC. The first-order chi connectivity index (χ1) is 7.77. The number of ether oxygens (including phenoxy) is 1. The maximum Gasteiger partial charge on any atom is 0.250 e. The Hall–Kier alpha value is -1.39. The Bertz CT molecular complexity index is 340. The van der Waals surface area contributed by atoms with Crippen LogP contribution in [-0.4, -0.2) is 26.2 Å². The smallest absolute Gasteiger partial charge is 0.250 e. The van der Waals surface area contributed by atoms with E-state index in [4.69, 9.17) is 4.74 Å². The minimum Gasteiger partial charge on any atom is -0.375 e. The van der Waals surface area contributed by atoms with E-state index in [1.165, 1.54) is 7.11 Å². The molecule has 2 N–H and O–H groups in total. The van der Waals surface area contributed by atoms with Crippen LogP contribution >= 0.6 is 0 Å². The molecule has 4 heteroatoms. The Labute approximate surface area is 96.0 Å². The first-order valence-corrected chi connectivity index (χ1v) is 5.35. The van der Waals surface area contributed by atoms with Crippen LogP contribution in [-0.2, 0) is 16.1 Å². The zero-order valence-corrected chi connectivity index (χ0v) is 9.75. The molecule has 0 aromatic heterocycles. The van der Waals surface area contributed by atoms with E-state index >= 15 is 0 Å². The Kier molecular flexibility index (Phi) is 5.53. The second-order valence-electron chi connectivity index (χ2n) is 3.42. The monoisotopic (exact) mass is 222 g/mol. The fourth-order valence-corrected chi connectivity index (χ4v) is 1.37. The quantitative estimate of drug-likeness (QED) is 0.764. The van der Waals surface area contributed by atoms with Crippen molar-refractivity contribution in [3.63, 3.8) is 0 Å². The zero-order chi connectivity index (χ0) is 11.8. The van der Waals surface area contributed by atoms with Crippen LogP contribution in [0.25, 0.3) is 0 Å². The molecule has 4 nitrogen and oxygen atoms in total. The van der Waals surface area contributed by atoms with Gasteiger partial charge in [0.05, 0.1) is 0 Å². The summed E-state index contributed by atoms with van der Waals surface area (Å²) in [6.45, 7) is 3.78. The predicted molar refractivity (Wildman–Crippen MR) is 64.3 cm³/mol. The second-order valence-corrected chi connectivity index (χ2v) is 3.42. The van der Waals surface area contributed by atoms with Gasteiger partial charge in [-0.25, -0.2) is 0 Å². The number of rotatable bonds is 6. The number of carbonyl (C=O) groups is 1. The fraction of sp³-hybridized carbons (Fsp3) is 0.417. The maximum atomic E-state index is 11.4. The lowest BCUT2D eigenvalue weighted by atomic mass is 10.1. The molecule has 0 aliphatic rings. The van der Waals surface area contributed by atoms with Gasteiger partial charge in [0.2, 0.25) is 5.91 Å². The molecular formula is C12H18N2O2. The van der Waals surface area contributed by atoms with Gasteiger partial charge >= 0.3 is 0 Å². The highest BCUT2D eigenvalue weighted by atomic mass is 16.5. The summed E-state index contributed by atoms with van der Waals surface area (Å²) >= 11 is 0. The number of benzene rings is 1. The molecule has 88 valence electrons. The fourth-order valence-electron chi connectivity index (χ4n) is 1.37. The molecule has 1 aromatic rings. The first kappa shape index (κ1) is 12.7. The molecule has 1 amide bonds. The van der Waals surface area contributed by atoms with Gasteiger partial charge < -0.3 is 15.4 Å². The van der Waals surface area contributed by atoms with E-state index in [2.05, 4.69) is 10.6 Å². The van der Waals surface area contributed by atoms with Crippen LogP contribution in [0.15, 0.2) is 24.3 Å². The standard InChI is InChI=1S/C12H18N2O2/c1-3-13-8-10-6-4-5-7-11(10)14-12(15)9-16-2/h4-7,13H,3,8-9H2,1-2H3,(H,14,15). The third-order valence-electron chi connectivity index (χ3n) is 2.13. The summed E-state index contributed by atoms with van der Waals surface area (Å²) in [5, 5.41) is 6.04. The van der Waals surface area contributed by atoms with E-state index in [0.29, 0.717) is 0 Å². The summed E-state index contributed by atoms with van der Waals surface area (Å²) < 4.78 is 4.77. The molecule has 0 saturated heterocycles. The number of hydrogen-bond acceptors (Lipinski definition) is 3. The molecule has 0 aliphatic heterocycles. The van der Waals surface area contributed by atoms with Gasteiger partial charge in [-0.15, -0.1) is 0 Å². The lowest BCUT2D eigenvalue weighted by molar-refractivity contribution is -0.119. The van der Waals surface area contributed by atoms with E-state index in [1.54, 1.807) is 0 Å². The van der Waals surface area contributed by atoms with Crippen molar-refractivity contribution in [2.45, 2.75) is 13.5 Å². The van der Waals surface area contributed by atoms with E-state index < -0.39 is 0 Å². The van der Waals surface area contributed by atoms with Gasteiger partial charge in [0, 0.05) is 19.3 Å². The third-order valence-corrected chi connectivity index (χ3v) is 2.13. The largest absolute Gasteiger partial charge is 0.375 e. The van der Waals surface area contributed by atoms with Crippen molar-refractivity contribution in [3.05, 3.63) is 29.8 Å². The number of anilines is 1. The minimum atomic E-state index is -0.133. The van der Waals surface area contributed by atoms with Crippen LogP contribution < -0.4 is 10.6 Å². The summed E-state index contributed by atoms with van der Waals surface area (Å²) in [4.78, 5) is 11.4. The van der Waals surface area contributed by atoms with Crippen molar-refractivity contribution >= 4 is 11.6 Å². The first-order valence-electron chi connectivity index (χ1n) is 5.35. The Balaban J connectivity index is 2.66. The van der Waals surface area contributed by atoms with Crippen LogP contribution in [0.3, 0.4) is 0 Å². The number of carbonyl (C=O) groups excluding carboxylic acids is 1. The van der Waals surface area contributed by atoms with E-state index in [0.717, 1.165) is 24.3 Å². The predicted octanol–water partition coefficient (Wildman–Crippen LogP) is 1.38. The van der Waals surface area contributed by atoms with Crippen molar-refractivity contribution in [3.8, 4) is 0 Å². The summed E-state index contributed by atoms with van der Waals surface area (Å²) in [7, 11) is 1.50. The normalized spacial score (nSPS) is 10.1. The number of para-hydroxylation sites is 1. The highest BCUT2D eigenvalue weighted by molar-refractivity contribution is 5.92. The van der Waals surface area contributed by atoms with Crippen LogP contribution in [0.2, 0.25) is 0 Å². The molecule has 16 heavy (non-hydrogen) atoms. The molecule has 0 radical (unpaired) electrons. The van der Waals surface area contributed by atoms with Crippen LogP contribution in [0.4, 0.5) is 5.69 Å². The number of methoxy groups -OCH3 is 1. The Morgan fingerprint density at radius 3 is 2.81 bits per heavy atom. The Morgan fingerprint density at radius 2 is 2.12 bits per heavy atom. The molecule has 0 atom stereocenters. The molecule has 0 heterocycles. The van der Waals surface area contributed by atoms with Gasteiger partial charge in [-0.05, 0) is 18.2 Å². The van der Waals surface area contributed by atoms with Gasteiger partial charge in [0.1, 0.15) is 6.61 Å². The maximum absolute atomic E-state index is 11.4. The van der Waals surface area contributed by atoms with E-state index in [-0.39, 0.29) is 12.5 Å². The molecule has 0 spiro atoms. The lowest BCUT2D eigenvalue weighted by Crippen LogP contribution is -2.19. The van der Waals surface area contributed by atoms with Gasteiger partial charge in [0.25, 0.3) is 0 Å². The summed E-state index contributed by atoms with van der Waals surface area (Å²) in [5.41, 5.74) is 1.92.